The van der Waals surface area contributed by atoms with Crippen LogP contribution in [-0.2, 0) is 6.54 Å². The van der Waals surface area contributed by atoms with Crippen molar-refractivity contribution in [1.82, 2.24) is 0 Å². The Morgan fingerprint density at radius 1 is 1.11 bits per heavy atom. The summed E-state index contributed by atoms with van der Waals surface area (Å²) in [7, 11) is 0. The summed E-state index contributed by atoms with van der Waals surface area (Å²) >= 11 is 0. The number of aliphatic imine (C=N–C) groups is 1. The Hall–Kier alpha value is -2.37. The summed E-state index contributed by atoms with van der Waals surface area (Å²) in [5, 5.41) is 2.88. The zero-order valence-corrected chi connectivity index (χ0v) is 17.0. The van der Waals surface area contributed by atoms with Crippen molar-refractivity contribution < 1.29 is 27.4 Å². The third-order valence-corrected chi connectivity index (χ3v) is 3.64. The van der Waals surface area contributed by atoms with Crippen LogP contribution in [0.5, 0.6) is 17.2 Å². The molecule has 1 aliphatic heterocycles. The van der Waals surface area contributed by atoms with Crippen molar-refractivity contribution in [2.45, 2.75) is 19.3 Å². The first-order valence-electron chi connectivity index (χ1n) is 8.21. The van der Waals surface area contributed by atoms with E-state index in [1.807, 2.05) is 0 Å². The van der Waals surface area contributed by atoms with Gasteiger partial charge in [-0.15, -0.1) is 37.1 Å². The summed E-state index contributed by atoms with van der Waals surface area (Å²) in [5.41, 5.74) is 6.73. The second-order valence-electron chi connectivity index (χ2n) is 5.69. The minimum atomic E-state index is -4.77. The van der Waals surface area contributed by atoms with Gasteiger partial charge in [0.2, 0.25) is 0 Å². The van der Waals surface area contributed by atoms with Crippen LogP contribution in [0.1, 0.15) is 12.0 Å². The molecular formula is C18H19F3IN3O3. The van der Waals surface area contributed by atoms with Crippen LogP contribution in [0, 0.1) is 0 Å². The highest BCUT2D eigenvalue weighted by Gasteiger charge is 2.31. The molecule has 3 N–H and O–H groups in total. The van der Waals surface area contributed by atoms with Crippen LogP contribution >= 0.6 is 24.0 Å². The van der Waals surface area contributed by atoms with Crippen LogP contribution in [0.3, 0.4) is 0 Å². The second kappa shape index (κ2) is 9.71. The van der Waals surface area contributed by atoms with Crippen molar-refractivity contribution >= 4 is 35.6 Å². The molecule has 0 radical (unpaired) electrons. The highest BCUT2D eigenvalue weighted by atomic mass is 127. The molecule has 0 spiro atoms. The van der Waals surface area contributed by atoms with Gasteiger partial charge in [-0.05, 0) is 18.2 Å². The number of benzene rings is 2. The lowest BCUT2D eigenvalue weighted by Gasteiger charge is -2.13. The van der Waals surface area contributed by atoms with Gasteiger partial charge in [-0.3, -0.25) is 0 Å². The molecule has 3 rings (SSSR count). The predicted octanol–water partition coefficient (Wildman–Crippen LogP) is 4.29. The van der Waals surface area contributed by atoms with E-state index in [2.05, 4.69) is 15.0 Å². The van der Waals surface area contributed by atoms with Crippen molar-refractivity contribution in [3.05, 3.63) is 48.0 Å². The van der Waals surface area contributed by atoms with Crippen molar-refractivity contribution in [2.75, 3.05) is 18.5 Å². The fourth-order valence-corrected chi connectivity index (χ4v) is 2.46. The SMILES string of the molecule is I.NC(=NCc1ccccc1OC(F)(F)F)Nc1ccc2c(c1)OCCCO2. The van der Waals surface area contributed by atoms with Gasteiger partial charge in [-0.1, -0.05) is 18.2 Å². The molecule has 0 saturated heterocycles. The van der Waals surface area contributed by atoms with Gasteiger partial charge >= 0.3 is 6.36 Å². The Kier molecular flexibility index (Phi) is 7.61. The molecule has 0 atom stereocenters. The Bertz CT molecular complexity index is 831. The average Bonchev–Trinajstić information content (AvgIpc) is 2.84. The van der Waals surface area contributed by atoms with Gasteiger partial charge in [0.15, 0.2) is 17.5 Å². The molecule has 0 amide bonds. The topological polar surface area (TPSA) is 78.1 Å². The molecule has 0 aromatic heterocycles. The number of guanidine groups is 1. The molecular weight excluding hydrogens is 490 g/mol. The molecule has 0 aliphatic carbocycles. The average molecular weight is 509 g/mol. The van der Waals surface area contributed by atoms with Crippen molar-refractivity contribution in [2.24, 2.45) is 10.7 Å². The van der Waals surface area contributed by atoms with E-state index in [1.165, 1.54) is 18.2 Å². The number of nitrogens with one attached hydrogen (secondary N) is 1. The summed E-state index contributed by atoms with van der Waals surface area (Å²) in [6.45, 7) is 1.06. The molecule has 2 aromatic rings. The molecule has 2 aromatic carbocycles. The fourth-order valence-electron chi connectivity index (χ4n) is 2.46. The predicted molar refractivity (Wildman–Crippen MR) is 110 cm³/mol. The number of halogens is 4. The zero-order valence-electron chi connectivity index (χ0n) is 14.7. The molecule has 0 saturated carbocycles. The number of nitrogens with zero attached hydrogens (tertiary/aromatic N) is 1. The fraction of sp³-hybridized carbons (Fsp3) is 0.278. The quantitative estimate of drug-likeness (QED) is 0.366. The molecule has 152 valence electrons. The molecule has 10 heteroatoms. The van der Waals surface area contributed by atoms with E-state index in [1.54, 1.807) is 24.3 Å². The van der Waals surface area contributed by atoms with Crippen LogP contribution in [0.15, 0.2) is 47.5 Å². The number of hydrogen-bond acceptors (Lipinski definition) is 4. The Morgan fingerprint density at radius 3 is 2.57 bits per heavy atom. The Morgan fingerprint density at radius 2 is 1.82 bits per heavy atom. The standard InChI is InChI=1S/C18H18F3N3O3.HI/c19-18(20,21)27-14-5-2-1-4-12(14)11-23-17(22)24-13-6-7-15-16(10-13)26-9-3-8-25-15;/h1-2,4-7,10H,3,8-9,11H2,(H3,22,23,24);1H. The van der Waals surface area contributed by atoms with E-state index in [9.17, 15) is 13.2 Å². The number of rotatable bonds is 4. The number of anilines is 1. The largest absolute Gasteiger partial charge is 0.573 e. The third kappa shape index (κ3) is 6.36. The first-order chi connectivity index (χ1) is 12.9. The summed E-state index contributed by atoms with van der Waals surface area (Å²) in [6.07, 6.45) is -3.98. The first-order valence-corrected chi connectivity index (χ1v) is 8.21. The van der Waals surface area contributed by atoms with Crippen LogP contribution < -0.4 is 25.3 Å². The number of nitrogens with two attached hydrogens (primary N) is 1. The monoisotopic (exact) mass is 509 g/mol. The van der Waals surface area contributed by atoms with Crippen LogP contribution in [-0.4, -0.2) is 25.5 Å². The first kappa shape index (κ1) is 21.9. The lowest BCUT2D eigenvalue weighted by Crippen LogP contribution is -2.23. The summed E-state index contributed by atoms with van der Waals surface area (Å²) in [5.74, 6) is 0.976. The molecule has 28 heavy (non-hydrogen) atoms. The number of alkyl halides is 3. The number of para-hydroxylation sites is 1. The Labute approximate surface area is 176 Å². The van der Waals surface area contributed by atoms with E-state index in [4.69, 9.17) is 15.2 Å². The summed E-state index contributed by atoms with van der Waals surface area (Å²) < 4.78 is 52.5. The molecule has 1 aliphatic rings. The highest BCUT2D eigenvalue weighted by Crippen LogP contribution is 2.32. The van der Waals surface area contributed by atoms with Gasteiger partial charge in [0.25, 0.3) is 0 Å². The van der Waals surface area contributed by atoms with Gasteiger partial charge in [0, 0.05) is 23.7 Å². The van der Waals surface area contributed by atoms with E-state index in [0.29, 0.717) is 30.4 Å². The van der Waals surface area contributed by atoms with Gasteiger partial charge < -0.3 is 25.3 Å². The Balaban J connectivity index is 0.00000280. The molecule has 6 nitrogen and oxygen atoms in total. The van der Waals surface area contributed by atoms with E-state index >= 15 is 0 Å². The summed E-state index contributed by atoms with van der Waals surface area (Å²) in [4.78, 5) is 4.07. The minimum absolute atomic E-state index is 0. The molecule has 0 unspecified atom stereocenters. The van der Waals surface area contributed by atoms with Crippen molar-refractivity contribution in [1.29, 1.82) is 0 Å². The van der Waals surface area contributed by atoms with Crippen LogP contribution in [0.4, 0.5) is 18.9 Å². The van der Waals surface area contributed by atoms with Crippen LogP contribution in [0.25, 0.3) is 0 Å². The number of fused-ring (bicyclic) bond motifs is 1. The minimum Gasteiger partial charge on any atom is -0.490 e. The lowest BCUT2D eigenvalue weighted by molar-refractivity contribution is -0.274. The maximum atomic E-state index is 12.5. The van der Waals surface area contributed by atoms with Gasteiger partial charge in [0.05, 0.1) is 19.8 Å². The lowest BCUT2D eigenvalue weighted by atomic mass is 10.2. The van der Waals surface area contributed by atoms with Gasteiger partial charge in [-0.25, -0.2) is 4.99 Å². The number of hydrogen-bond donors (Lipinski definition) is 2. The maximum absolute atomic E-state index is 12.5. The number of ether oxygens (including phenoxy) is 3. The van der Waals surface area contributed by atoms with E-state index in [0.717, 1.165) is 6.42 Å². The van der Waals surface area contributed by atoms with E-state index < -0.39 is 6.36 Å². The van der Waals surface area contributed by atoms with Gasteiger partial charge in [0.1, 0.15) is 5.75 Å². The zero-order chi connectivity index (χ0) is 19.3. The smallest absolute Gasteiger partial charge is 0.490 e. The molecule has 0 fully saturated rings. The molecule has 0 bridgehead atoms. The summed E-state index contributed by atoms with van der Waals surface area (Å²) in [6, 6.07) is 11.0. The van der Waals surface area contributed by atoms with Gasteiger partial charge in [-0.2, -0.15) is 0 Å². The molecule has 1 heterocycles. The normalized spacial score (nSPS) is 13.9. The van der Waals surface area contributed by atoms with Crippen molar-refractivity contribution in [3.8, 4) is 17.2 Å². The highest BCUT2D eigenvalue weighted by molar-refractivity contribution is 14.0. The van der Waals surface area contributed by atoms with E-state index in [-0.39, 0.29) is 47.8 Å². The van der Waals surface area contributed by atoms with Crippen LogP contribution in [0.2, 0.25) is 0 Å². The van der Waals surface area contributed by atoms with Crippen molar-refractivity contribution in [3.63, 3.8) is 0 Å². The third-order valence-electron chi connectivity index (χ3n) is 3.64. The second-order valence-corrected chi connectivity index (χ2v) is 5.69. The maximum Gasteiger partial charge on any atom is 0.573 e.